The molecule has 0 atom stereocenters. The molecule has 0 unspecified atom stereocenters. The number of thioether (sulfide) groups is 1. The van der Waals surface area contributed by atoms with Crippen molar-refractivity contribution in [2.75, 3.05) is 5.75 Å². The molecule has 0 aliphatic carbocycles. The highest BCUT2D eigenvalue weighted by molar-refractivity contribution is 7.99. The zero-order chi connectivity index (χ0) is 14.8. The molecule has 20 heavy (non-hydrogen) atoms. The Balaban J connectivity index is 2.29. The van der Waals surface area contributed by atoms with Crippen LogP contribution in [0.25, 0.3) is 0 Å². The van der Waals surface area contributed by atoms with Crippen molar-refractivity contribution in [1.29, 1.82) is 0 Å². The SMILES string of the molecule is Cn1nc(C(C)(C)c2ccccc2)nc1SCC(=O)O. The molecule has 2 rings (SSSR count). The van der Waals surface area contributed by atoms with Crippen molar-refractivity contribution >= 4 is 17.7 Å². The van der Waals surface area contributed by atoms with Crippen molar-refractivity contribution in [2.24, 2.45) is 7.05 Å². The summed E-state index contributed by atoms with van der Waals surface area (Å²) in [5.74, 6) is -0.182. The van der Waals surface area contributed by atoms with Crippen LogP contribution in [0.3, 0.4) is 0 Å². The van der Waals surface area contributed by atoms with E-state index in [1.165, 1.54) is 11.8 Å². The average Bonchev–Trinajstić information content (AvgIpc) is 2.79. The first kappa shape index (κ1) is 14.6. The third-order valence-electron chi connectivity index (χ3n) is 3.10. The van der Waals surface area contributed by atoms with Gasteiger partial charge in [-0.25, -0.2) is 9.67 Å². The predicted octanol–water partition coefficient (Wildman–Crippen LogP) is 2.32. The maximum absolute atomic E-state index is 10.6. The standard InChI is InChI=1S/C14H17N3O2S/c1-14(2,10-7-5-4-6-8-10)12-15-13(17(3)16-12)20-9-11(18)19/h4-8H,9H2,1-3H3,(H,18,19). The Morgan fingerprint density at radius 1 is 1.35 bits per heavy atom. The molecule has 0 amide bonds. The van der Waals surface area contributed by atoms with Gasteiger partial charge in [0.2, 0.25) is 0 Å². The van der Waals surface area contributed by atoms with E-state index in [2.05, 4.69) is 23.9 Å². The number of carboxylic acid groups (broad SMARTS) is 1. The molecule has 0 saturated heterocycles. The molecular weight excluding hydrogens is 274 g/mol. The molecule has 0 aliphatic heterocycles. The molecule has 1 aromatic carbocycles. The van der Waals surface area contributed by atoms with Gasteiger partial charge in [0.15, 0.2) is 11.0 Å². The molecule has 1 aromatic heterocycles. The maximum Gasteiger partial charge on any atom is 0.313 e. The molecule has 0 saturated carbocycles. The van der Waals surface area contributed by atoms with Gasteiger partial charge in [-0.3, -0.25) is 4.79 Å². The van der Waals surface area contributed by atoms with Crippen molar-refractivity contribution in [1.82, 2.24) is 14.8 Å². The number of aryl methyl sites for hydroxylation is 1. The highest BCUT2D eigenvalue weighted by Gasteiger charge is 2.28. The molecule has 0 aliphatic rings. The van der Waals surface area contributed by atoms with Crippen LogP contribution in [0.5, 0.6) is 0 Å². The van der Waals surface area contributed by atoms with E-state index in [9.17, 15) is 4.79 Å². The fourth-order valence-corrected chi connectivity index (χ4v) is 2.50. The third kappa shape index (κ3) is 3.01. The molecule has 106 valence electrons. The minimum atomic E-state index is -0.859. The van der Waals surface area contributed by atoms with Crippen molar-refractivity contribution in [3.05, 3.63) is 41.7 Å². The largest absolute Gasteiger partial charge is 0.481 e. The topological polar surface area (TPSA) is 68.0 Å². The van der Waals surface area contributed by atoms with E-state index in [0.29, 0.717) is 11.0 Å². The number of aromatic nitrogens is 3. The number of hydrogen-bond acceptors (Lipinski definition) is 4. The van der Waals surface area contributed by atoms with E-state index in [-0.39, 0.29) is 11.2 Å². The highest BCUT2D eigenvalue weighted by Crippen LogP contribution is 2.30. The highest BCUT2D eigenvalue weighted by atomic mass is 32.2. The minimum Gasteiger partial charge on any atom is -0.481 e. The van der Waals surface area contributed by atoms with Crippen LogP contribution >= 0.6 is 11.8 Å². The van der Waals surface area contributed by atoms with E-state index in [0.717, 1.165) is 5.56 Å². The lowest BCUT2D eigenvalue weighted by Crippen LogP contribution is -2.21. The van der Waals surface area contributed by atoms with Crippen LogP contribution in [-0.2, 0) is 17.3 Å². The first-order chi connectivity index (χ1) is 9.41. The first-order valence-electron chi connectivity index (χ1n) is 6.23. The van der Waals surface area contributed by atoms with Crippen molar-refractivity contribution < 1.29 is 9.90 Å². The number of benzene rings is 1. The zero-order valence-electron chi connectivity index (χ0n) is 11.7. The van der Waals surface area contributed by atoms with Gasteiger partial charge in [0.25, 0.3) is 0 Å². The van der Waals surface area contributed by atoms with Gasteiger partial charge < -0.3 is 5.11 Å². The van der Waals surface area contributed by atoms with Crippen LogP contribution < -0.4 is 0 Å². The summed E-state index contributed by atoms with van der Waals surface area (Å²) in [6.45, 7) is 4.12. The Labute approximate surface area is 122 Å². The molecular formula is C14H17N3O2S. The molecule has 0 fully saturated rings. The van der Waals surface area contributed by atoms with Crippen molar-refractivity contribution in [2.45, 2.75) is 24.4 Å². The number of rotatable bonds is 5. The average molecular weight is 291 g/mol. The molecule has 6 heteroatoms. The fraction of sp³-hybridized carbons (Fsp3) is 0.357. The summed E-state index contributed by atoms with van der Waals surface area (Å²) in [5.41, 5.74) is 0.807. The fourth-order valence-electron chi connectivity index (χ4n) is 1.87. The molecule has 1 heterocycles. The number of aliphatic carboxylic acids is 1. The Kier molecular flexibility index (Phi) is 4.13. The van der Waals surface area contributed by atoms with Crippen LogP contribution in [-0.4, -0.2) is 31.6 Å². The summed E-state index contributed by atoms with van der Waals surface area (Å²) < 4.78 is 1.63. The second-order valence-electron chi connectivity index (χ2n) is 5.02. The number of hydrogen-bond donors (Lipinski definition) is 1. The van der Waals surface area contributed by atoms with Crippen LogP contribution in [0.4, 0.5) is 0 Å². The lowest BCUT2D eigenvalue weighted by molar-refractivity contribution is -0.133. The second kappa shape index (κ2) is 5.66. The number of carboxylic acids is 1. The van der Waals surface area contributed by atoms with Gasteiger partial charge in [0, 0.05) is 7.05 Å². The van der Waals surface area contributed by atoms with Gasteiger partial charge in [-0.15, -0.1) is 0 Å². The predicted molar refractivity (Wildman–Crippen MR) is 77.9 cm³/mol. The van der Waals surface area contributed by atoms with Gasteiger partial charge in [-0.1, -0.05) is 42.1 Å². The minimum absolute atomic E-state index is 0.0161. The molecule has 5 nitrogen and oxygen atoms in total. The summed E-state index contributed by atoms with van der Waals surface area (Å²) in [6, 6.07) is 10.0. The number of carbonyl (C=O) groups is 1. The lowest BCUT2D eigenvalue weighted by atomic mass is 9.84. The quantitative estimate of drug-likeness (QED) is 0.856. The monoisotopic (exact) mass is 291 g/mol. The summed E-state index contributed by atoms with van der Waals surface area (Å²) in [7, 11) is 1.78. The van der Waals surface area contributed by atoms with Crippen molar-refractivity contribution in [3.63, 3.8) is 0 Å². The smallest absolute Gasteiger partial charge is 0.313 e. The summed E-state index contributed by atoms with van der Waals surface area (Å²) >= 11 is 1.18. The van der Waals surface area contributed by atoms with Gasteiger partial charge in [-0.05, 0) is 19.4 Å². The Morgan fingerprint density at radius 2 is 2.00 bits per heavy atom. The first-order valence-corrected chi connectivity index (χ1v) is 7.21. The third-order valence-corrected chi connectivity index (χ3v) is 4.11. The summed E-state index contributed by atoms with van der Waals surface area (Å²) in [4.78, 5) is 15.1. The van der Waals surface area contributed by atoms with Crippen LogP contribution in [0, 0.1) is 0 Å². The second-order valence-corrected chi connectivity index (χ2v) is 5.96. The zero-order valence-corrected chi connectivity index (χ0v) is 12.5. The van der Waals surface area contributed by atoms with E-state index < -0.39 is 5.97 Å². The van der Waals surface area contributed by atoms with Crippen LogP contribution in [0.15, 0.2) is 35.5 Å². The van der Waals surface area contributed by atoms with Gasteiger partial charge in [-0.2, -0.15) is 5.10 Å². The van der Waals surface area contributed by atoms with E-state index >= 15 is 0 Å². The van der Waals surface area contributed by atoms with E-state index in [4.69, 9.17) is 5.11 Å². The normalized spacial score (nSPS) is 11.6. The molecule has 0 radical (unpaired) electrons. The van der Waals surface area contributed by atoms with Gasteiger partial charge >= 0.3 is 5.97 Å². The van der Waals surface area contributed by atoms with Gasteiger partial charge in [0.1, 0.15) is 0 Å². The molecule has 2 aromatic rings. The number of nitrogens with zero attached hydrogens (tertiary/aromatic N) is 3. The van der Waals surface area contributed by atoms with E-state index in [1.807, 2.05) is 30.3 Å². The summed E-state index contributed by atoms with van der Waals surface area (Å²) in [6.07, 6.45) is 0. The van der Waals surface area contributed by atoms with Crippen LogP contribution in [0.1, 0.15) is 25.2 Å². The van der Waals surface area contributed by atoms with Gasteiger partial charge in [0.05, 0.1) is 11.2 Å². The Hall–Kier alpha value is -1.82. The van der Waals surface area contributed by atoms with Crippen LogP contribution in [0.2, 0.25) is 0 Å². The Morgan fingerprint density at radius 3 is 2.60 bits per heavy atom. The molecule has 0 bridgehead atoms. The molecule has 0 spiro atoms. The lowest BCUT2D eigenvalue weighted by Gasteiger charge is -2.21. The Bertz CT molecular complexity index is 608. The maximum atomic E-state index is 10.6. The van der Waals surface area contributed by atoms with Crippen molar-refractivity contribution in [3.8, 4) is 0 Å². The summed E-state index contributed by atoms with van der Waals surface area (Å²) in [5, 5.41) is 13.8. The molecule has 1 N–H and O–H groups in total. The van der Waals surface area contributed by atoms with E-state index in [1.54, 1.807) is 11.7 Å².